The summed E-state index contributed by atoms with van der Waals surface area (Å²) < 4.78 is 5.53. The Kier molecular flexibility index (Phi) is 1.55. The van der Waals surface area contributed by atoms with Crippen LogP contribution in [0.4, 0.5) is 0 Å². The SMILES string of the molecule is O=Cc1cccc2sc(=O)oc12. The lowest BCUT2D eigenvalue weighted by molar-refractivity contribution is 0.112. The first-order valence-corrected chi connectivity index (χ1v) is 4.11. The van der Waals surface area contributed by atoms with Crippen LogP contribution >= 0.6 is 11.3 Å². The van der Waals surface area contributed by atoms with E-state index >= 15 is 0 Å². The highest BCUT2D eigenvalue weighted by atomic mass is 32.1. The van der Waals surface area contributed by atoms with E-state index in [4.69, 9.17) is 4.42 Å². The lowest BCUT2D eigenvalue weighted by Crippen LogP contribution is -1.82. The molecule has 60 valence electrons. The summed E-state index contributed by atoms with van der Waals surface area (Å²) in [6, 6.07) is 5.08. The van der Waals surface area contributed by atoms with Gasteiger partial charge in [-0.1, -0.05) is 17.4 Å². The standard InChI is InChI=1S/C8H4O3S/c9-4-5-2-1-3-6-7(5)11-8(10)12-6/h1-4H. The minimum atomic E-state index is -0.376. The summed E-state index contributed by atoms with van der Waals surface area (Å²) in [5.74, 6) is 0. The second-order valence-corrected chi connectivity index (χ2v) is 3.22. The van der Waals surface area contributed by atoms with Gasteiger partial charge in [0.15, 0.2) is 11.9 Å². The minimum Gasteiger partial charge on any atom is -0.413 e. The Labute approximate surface area is 71.2 Å². The maximum Gasteiger partial charge on any atom is 0.396 e. The molecular weight excluding hydrogens is 176 g/mol. The third kappa shape index (κ3) is 0.967. The number of rotatable bonds is 1. The van der Waals surface area contributed by atoms with Crippen LogP contribution in [-0.4, -0.2) is 6.29 Å². The highest BCUT2D eigenvalue weighted by Crippen LogP contribution is 2.19. The summed E-state index contributed by atoms with van der Waals surface area (Å²) in [5.41, 5.74) is 0.813. The lowest BCUT2D eigenvalue weighted by atomic mass is 10.2. The van der Waals surface area contributed by atoms with E-state index in [9.17, 15) is 9.59 Å². The number of para-hydroxylation sites is 1. The minimum absolute atomic E-state index is 0.376. The van der Waals surface area contributed by atoms with Crippen LogP contribution in [0.5, 0.6) is 0 Å². The normalized spacial score (nSPS) is 10.3. The molecule has 2 aromatic rings. The zero-order valence-electron chi connectivity index (χ0n) is 5.94. The van der Waals surface area contributed by atoms with Crippen molar-refractivity contribution in [2.45, 2.75) is 0 Å². The van der Waals surface area contributed by atoms with Crippen molar-refractivity contribution < 1.29 is 9.21 Å². The number of carbonyl (C=O) groups excluding carboxylic acids is 1. The van der Waals surface area contributed by atoms with Gasteiger partial charge < -0.3 is 4.42 Å². The van der Waals surface area contributed by atoms with Crippen molar-refractivity contribution in [2.24, 2.45) is 0 Å². The van der Waals surface area contributed by atoms with Gasteiger partial charge in [-0.3, -0.25) is 4.79 Å². The highest BCUT2D eigenvalue weighted by Gasteiger charge is 2.05. The van der Waals surface area contributed by atoms with Gasteiger partial charge in [-0.25, -0.2) is 4.79 Å². The first-order valence-electron chi connectivity index (χ1n) is 3.29. The summed E-state index contributed by atoms with van der Waals surface area (Å²) in [7, 11) is 0. The van der Waals surface area contributed by atoms with E-state index in [1.807, 2.05) is 0 Å². The Hall–Kier alpha value is -1.42. The van der Waals surface area contributed by atoms with E-state index in [0.717, 1.165) is 11.3 Å². The molecule has 0 aliphatic rings. The molecule has 0 amide bonds. The summed E-state index contributed by atoms with van der Waals surface area (Å²) in [6.07, 6.45) is 0.679. The zero-order valence-corrected chi connectivity index (χ0v) is 6.76. The molecule has 0 aliphatic heterocycles. The predicted octanol–water partition coefficient (Wildman–Crippen LogP) is 1.67. The van der Waals surface area contributed by atoms with Gasteiger partial charge in [0, 0.05) is 0 Å². The molecule has 0 unspecified atom stereocenters. The van der Waals surface area contributed by atoms with E-state index in [2.05, 4.69) is 0 Å². The Morgan fingerprint density at radius 3 is 3.00 bits per heavy atom. The molecule has 0 aliphatic carbocycles. The summed E-state index contributed by atoms with van der Waals surface area (Å²) in [5, 5.41) is 0. The van der Waals surface area contributed by atoms with E-state index in [1.165, 1.54) is 0 Å². The molecule has 0 saturated carbocycles. The van der Waals surface area contributed by atoms with Crippen molar-refractivity contribution in [3.63, 3.8) is 0 Å². The third-order valence-electron chi connectivity index (χ3n) is 1.52. The molecule has 12 heavy (non-hydrogen) atoms. The molecule has 4 heteroatoms. The Morgan fingerprint density at radius 2 is 2.25 bits per heavy atom. The largest absolute Gasteiger partial charge is 0.413 e. The number of benzene rings is 1. The molecule has 0 radical (unpaired) electrons. The maximum absolute atomic E-state index is 10.8. The second-order valence-electron chi connectivity index (χ2n) is 2.25. The predicted molar refractivity (Wildman–Crippen MR) is 45.7 cm³/mol. The van der Waals surface area contributed by atoms with E-state index in [-0.39, 0.29) is 4.94 Å². The van der Waals surface area contributed by atoms with Crippen molar-refractivity contribution in [1.82, 2.24) is 0 Å². The van der Waals surface area contributed by atoms with Crippen LogP contribution in [0, 0.1) is 0 Å². The number of hydrogen-bond acceptors (Lipinski definition) is 4. The number of hydrogen-bond donors (Lipinski definition) is 0. The summed E-state index contributed by atoms with van der Waals surface area (Å²) in [6.45, 7) is 0. The van der Waals surface area contributed by atoms with Crippen molar-refractivity contribution in [3.8, 4) is 0 Å². The quantitative estimate of drug-likeness (QED) is 0.627. The Balaban J connectivity index is 2.96. The van der Waals surface area contributed by atoms with Crippen LogP contribution in [0.1, 0.15) is 10.4 Å². The van der Waals surface area contributed by atoms with Gasteiger partial charge in [-0.15, -0.1) is 0 Å². The van der Waals surface area contributed by atoms with Crippen molar-refractivity contribution in [2.75, 3.05) is 0 Å². The molecule has 0 spiro atoms. The van der Waals surface area contributed by atoms with Gasteiger partial charge in [0.1, 0.15) is 0 Å². The first kappa shape index (κ1) is 7.24. The first-order chi connectivity index (χ1) is 5.81. The molecule has 0 saturated heterocycles. The van der Waals surface area contributed by atoms with Gasteiger partial charge >= 0.3 is 4.94 Å². The lowest BCUT2D eigenvalue weighted by Gasteiger charge is -1.88. The molecule has 1 aromatic carbocycles. The molecule has 3 nitrogen and oxygen atoms in total. The molecule has 0 fully saturated rings. The molecule has 0 N–H and O–H groups in total. The zero-order chi connectivity index (χ0) is 8.55. The van der Waals surface area contributed by atoms with Gasteiger partial charge in [0.2, 0.25) is 0 Å². The average Bonchev–Trinajstić information content (AvgIpc) is 2.44. The number of aldehydes is 1. The Morgan fingerprint density at radius 1 is 1.42 bits per heavy atom. The molecule has 1 aromatic heterocycles. The fourth-order valence-electron chi connectivity index (χ4n) is 1.01. The molecule has 1 heterocycles. The summed E-state index contributed by atoms with van der Waals surface area (Å²) in [4.78, 5) is 20.9. The van der Waals surface area contributed by atoms with Crippen LogP contribution in [0.15, 0.2) is 27.4 Å². The van der Waals surface area contributed by atoms with E-state index in [0.29, 0.717) is 22.1 Å². The molecule has 0 bridgehead atoms. The van der Waals surface area contributed by atoms with Gasteiger partial charge in [-0.05, 0) is 12.1 Å². The van der Waals surface area contributed by atoms with Crippen molar-refractivity contribution in [3.05, 3.63) is 33.5 Å². The van der Waals surface area contributed by atoms with Gasteiger partial charge in [-0.2, -0.15) is 0 Å². The molecule has 0 atom stereocenters. The second kappa shape index (κ2) is 2.57. The van der Waals surface area contributed by atoms with Crippen molar-refractivity contribution in [1.29, 1.82) is 0 Å². The van der Waals surface area contributed by atoms with Crippen LogP contribution in [0.25, 0.3) is 10.3 Å². The van der Waals surface area contributed by atoms with Gasteiger partial charge in [0.25, 0.3) is 0 Å². The highest BCUT2D eigenvalue weighted by molar-refractivity contribution is 7.16. The third-order valence-corrected chi connectivity index (χ3v) is 2.31. The monoisotopic (exact) mass is 180 g/mol. The Bertz CT molecular complexity index is 480. The fraction of sp³-hybridized carbons (Fsp3) is 0. The smallest absolute Gasteiger partial charge is 0.396 e. The van der Waals surface area contributed by atoms with Crippen molar-refractivity contribution >= 4 is 27.9 Å². The summed E-state index contributed by atoms with van der Waals surface area (Å²) >= 11 is 1.00. The average molecular weight is 180 g/mol. The maximum atomic E-state index is 10.8. The molecule has 2 rings (SSSR count). The van der Waals surface area contributed by atoms with Crippen LogP contribution in [-0.2, 0) is 0 Å². The number of carbonyl (C=O) groups is 1. The fourth-order valence-corrected chi connectivity index (χ4v) is 1.71. The van der Waals surface area contributed by atoms with Gasteiger partial charge in [0.05, 0.1) is 10.3 Å². The van der Waals surface area contributed by atoms with Crippen LogP contribution in [0.2, 0.25) is 0 Å². The van der Waals surface area contributed by atoms with E-state index < -0.39 is 0 Å². The van der Waals surface area contributed by atoms with Crippen LogP contribution < -0.4 is 4.94 Å². The van der Waals surface area contributed by atoms with E-state index in [1.54, 1.807) is 18.2 Å². The van der Waals surface area contributed by atoms with Crippen LogP contribution in [0.3, 0.4) is 0 Å². The number of fused-ring (bicyclic) bond motifs is 1. The molecular formula is C8H4O3S. The topological polar surface area (TPSA) is 47.3 Å².